The van der Waals surface area contributed by atoms with Crippen molar-refractivity contribution in [2.45, 2.75) is 6.29 Å². The quantitative estimate of drug-likeness (QED) is 0.302. The first kappa shape index (κ1) is 15.4. The fraction of sp³-hybridized carbons (Fsp3) is 0.333. The number of nitrogens with zero attached hydrogens (tertiary/aromatic N) is 2. The van der Waals surface area contributed by atoms with Crippen LogP contribution in [0.3, 0.4) is 0 Å². The van der Waals surface area contributed by atoms with E-state index in [1.165, 1.54) is 38.1 Å². The highest BCUT2D eigenvalue weighted by Crippen LogP contribution is 2.25. The standard InChI is InChI=1S/C12H14FN3O2S/c1-17-11(18-2)8-4-5-10(9(13)6-8)16-12(19-3)15-7-14/h4-6,11H,1-3H3,(H,15,16). The van der Waals surface area contributed by atoms with Crippen LogP contribution in [0.4, 0.5) is 10.1 Å². The fourth-order valence-electron chi connectivity index (χ4n) is 1.41. The first-order valence-corrected chi connectivity index (χ1v) is 6.51. The number of benzene rings is 1. The van der Waals surface area contributed by atoms with Gasteiger partial charge in [-0.3, -0.25) is 5.32 Å². The van der Waals surface area contributed by atoms with E-state index in [9.17, 15) is 4.39 Å². The van der Waals surface area contributed by atoms with E-state index < -0.39 is 12.1 Å². The van der Waals surface area contributed by atoms with Crippen LogP contribution in [-0.2, 0) is 9.47 Å². The molecule has 1 aromatic rings. The number of hydrogen-bond acceptors (Lipinski definition) is 5. The molecular weight excluding hydrogens is 269 g/mol. The Labute approximate surface area is 115 Å². The number of amidine groups is 1. The van der Waals surface area contributed by atoms with E-state index in [-0.39, 0.29) is 5.69 Å². The monoisotopic (exact) mass is 283 g/mol. The van der Waals surface area contributed by atoms with Crippen LogP contribution < -0.4 is 5.32 Å². The third-order valence-electron chi connectivity index (χ3n) is 2.25. The van der Waals surface area contributed by atoms with E-state index in [1.807, 2.05) is 0 Å². The summed E-state index contributed by atoms with van der Waals surface area (Å²) in [5, 5.41) is 11.2. The molecule has 0 radical (unpaired) electrons. The molecule has 0 saturated heterocycles. The SMILES string of the molecule is COC(OC)c1ccc(N=C(NC#N)SC)c(F)c1. The molecule has 0 heterocycles. The second-order valence-corrected chi connectivity index (χ2v) is 4.17. The second kappa shape index (κ2) is 7.74. The molecule has 0 bridgehead atoms. The highest BCUT2D eigenvalue weighted by atomic mass is 32.2. The molecule has 19 heavy (non-hydrogen) atoms. The van der Waals surface area contributed by atoms with Gasteiger partial charge in [0.25, 0.3) is 0 Å². The van der Waals surface area contributed by atoms with Crippen LogP contribution in [0.15, 0.2) is 23.2 Å². The zero-order chi connectivity index (χ0) is 14.3. The Morgan fingerprint density at radius 3 is 2.63 bits per heavy atom. The minimum absolute atomic E-state index is 0.141. The largest absolute Gasteiger partial charge is 0.352 e. The Bertz CT molecular complexity index is 498. The molecule has 0 amide bonds. The topological polar surface area (TPSA) is 66.6 Å². The third kappa shape index (κ3) is 4.21. The summed E-state index contributed by atoms with van der Waals surface area (Å²) in [4.78, 5) is 4.01. The molecule has 0 fully saturated rings. The molecule has 1 rings (SSSR count). The Kier molecular flexibility index (Phi) is 6.29. The van der Waals surface area contributed by atoms with Crippen molar-refractivity contribution in [2.24, 2.45) is 4.99 Å². The van der Waals surface area contributed by atoms with Gasteiger partial charge < -0.3 is 9.47 Å². The molecule has 0 aliphatic carbocycles. The summed E-state index contributed by atoms with van der Waals surface area (Å²) >= 11 is 1.22. The zero-order valence-corrected chi connectivity index (χ0v) is 11.6. The molecule has 0 atom stereocenters. The number of nitrogens with one attached hydrogen (secondary N) is 1. The van der Waals surface area contributed by atoms with E-state index >= 15 is 0 Å². The Morgan fingerprint density at radius 2 is 2.16 bits per heavy atom. The highest BCUT2D eigenvalue weighted by molar-refractivity contribution is 8.13. The maximum atomic E-state index is 13.9. The molecular formula is C12H14FN3O2S. The third-order valence-corrected chi connectivity index (χ3v) is 2.83. The summed E-state index contributed by atoms with van der Waals surface area (Å²) in [6, 6.07) is 4.45. The van der Waals surface area contributed by atoms with Crippen molar-refractivity contribution < 1.29 is 13.9 Å². The summed E-state index contributed by atoms with van der Waals surface area (Å²) in [5.74, 6) is -0.511. The molecule has 0 aliphatic rings. The van der Waals surface area contributed by atoms with Crippen molar-refractivity contribution in [2.75, 3.05) is 20.5 Å². The molecule has 0 saturated carbocycles. The van der Waals surface area contributed by atoms with Gasteiger partial charge in [-0.1, -0.05) is 17.8 Å². The van der Waals surface area contributed by atoms with Gasteiger partial charge in [-0.15, -0.1) is 0 Å². The number of hydrogen-bond donors (Lipinski definition) is 1. The molecule has 0 aromatic heterocycles. The minimum atomic E-state index is -0.621. The van der Waals surface area contributed by atoms with E-state index in [4.69, 9.17) is 14.7 Å². The van der Waals surface area contributed by atoms with Gasteiger partial charge in [0.05, 0.1) is 0 Å². The summed E-state index contributed by atoms with van der Waals surface area (Å²) in [5.41, 5.74) is 0.696. The zero-order valence-electron chi connectivity index (χ0n) is 10.8. The number of ether oxygens (including phenoxy) is 2. The van der Waals surface area contributed by atoms with Crippen LogP contribution in [0, 0.1) is 17.3 Å². The van der Waals surface area contributed by atoms with E-state index in [0.29, 0.717) is 10.7 Å². The molecule has 7 heteroatoms. The van der Waals surface area contributed by atoms with Gasteiger partial charge in [-0.2, -0.15) is 5.26 Å². The summed E-state index contributed by atoms with van der Waals surface area (Å²) in [6.45, 7) is 0. The Hall–Kier alpha value is -1.62. The van der Waals surface area contributed by atoms with Gasteiger partial charge in [0, 0.05) is 19.8 Å². The number of nitriles is 1. The summed E-state index contributed by atoms with van der Waals surface area (Å²) < 4.78 is 24.0. The van der Waals surface area contributed by atoms with Crippen molar-refractivity contribution in [3.05, 3.63) is 29.6 Å². The van der Waals surface area contributed by atoms with Crippen LogP contribution >= 0.6 is 11.8 Å². The lowest BCUT2D eigenvalue weighted by Crippen LogP contribution is -2.12. The van der Waals surface area contributed by atoms with Crippen molar-refractivity contribution in [3.63, 3.8) is 0 Å². The average molecular weight is 283 g/mol. The number of thioether (sulfide) groups is 1. The molecule has 1 N–H and O–H groups in total. The van der Waals surface area contributed by atoms with Gasteiger partial charge in [0.1, 0.15) is 11.5 Å². The van der Waals surface area contributed by atoms with Crippen LogP contribution in [0.25, 0.3) is 0 Å². The first-order valence-electron chi connectivity index (χ1n) is 5.29. The van der Waals surface area contributed by atoms with Crippen LogP contribution in [0.5, 0.6) is 0 Å². The maximum absolute atomic E-state index is 13.9. The molecule has 5 nitrogen and oxygen atoms in total. The van der Waals surface area contributed by atoms with Crippen LogP contribution in [0.2, 0.25) is 0 Å². The normalized spacial score (nSPS) is 11.5. The van der Waals surface area contributed by atoms with Gasteiger partial charge in [0.15, 0.2) is 17.7 Å². The van der Waals surface area contributed by atoms with Gasteiger partial charge in [-0.05, 0) is 18.4 Å². The number of aliphatic imine (C=N–C) groups is 1. The lowest BCUT2D eigenvalue weighted by molar-refractivity contribution is -0.106. The molecule has 1 aromatic carbocycles. The molecule has 0 unspecified atom stereocenters. The lowest BCUT2D eigenvalue weighted by Gasteiger charge is -2.13. The van der Waals surface area contributed by atoms with E-state index in [1.54, 1.807) is 18.5 Å². The predicted octanol–water partition coefficient (Wildman–Crippen LogP) is 2.54. The van der Waals surface area contributed by atoms with Crippen molar-refractivity contribution in [1.82, 2.24) is 5.32 Å². The Morgan fingerprint density at radius 1 is 1.47 bits per heavy atom. The van der Waals surface area contributed by atoms with Crippen molar-refractivity contribution >= 4 is 22.6 Å². The van der Waals surface area contributed by atoms with Gasteiger partial charge in [-0.25, -0.2) is 9.38 Å². The lowest BCUT2D eigenvalue weighted by atomic mass is 10.2. The fourth-order valence-corrected chi connectivity index (χ4v) is 1.75. The first-order chi connectivity index (χ1) is 9.15. The molecule has 102 valence electrons. The predicted molar refractivity (Wildman–Crippen MR) is 72.5 cm³/mol. The van der Waals surface area contributed by atoms with E-state index in [2.05, 4.69) is 10.3 Å². The van der Waals surface area contributed by atoms with Crippen molar-refractivity contribution in [3.8, 4) is 6.19 Å². The molecule has 0 spiro atoms. The maximum Gasteiger partial charge on any atom is 0.183 e. The number of methoxy groups -OCH3 is 2. The van der Waals surface area contributed by atoms with Crippen LogP contribution in [0.1, 0.15) is 11.9 Å². The minimum Gasteiger partial charge on any atom is -0.352 e. The number of halogens is 1. The smallest absolute Gasteiger partial charge is 0.183 e. The summed E-state index contributed by atoms with van der Waals surface area (Å²) in [6.07, 6.45) is 2.86. The van der Waals surface area contributed by atoms with Gasteiger partial charge >= 0.3 is 0 Å². The average Bonchev–Trinajstić information content (AvgIpc) is 2.42. The molecule has 0 aliphatic heterocycles. The van der Waals surface area contributed by atoms with Crippen LogP contribution in [-0.4, -0.2) is 25.6 Å². The second-order valence-electron chi connectivity index (χ2n) is 3.37. The van der Waals surface area contributed by atoms with Crippen molar-refractivity contribution in [1.29, 1.82) is 5.26 Å². The van der Waals surface area contributed by atoms with E-state index in [0.717, 1.165) is 0 Å². The van der Waals surface area contributed by atoms with Gasteiger partial charge in [0.2, 0.25) is 0 Å². The number of rotatable bonds is 4. The highest BCUT2D eigenvalue weighted by Gasteiger charge is 2.12. The Balaban J connectivity index is 3.04. The summed E-state index contributed by atoms with van der Waals surface area (Å²) in [7, 11) is 2.95.